The van der Waals surface area contributed by atoms with Gasteiger partial charge in [-0.2, -0.15) is 0 Å². The molecule has 2 heteroatoms. The molecule has 2 nitrogen and oxygen atoms in total. The van der Waals surface area contributed by atoms with Crippen molar-refractivity contribution in [1.29, 1.82) is 0 Å². The summed E-state index contributed by atoms with van der Waals surface area (Å²) in [5.74, 6) is 0. The van der Waals surface area contributed by atoms with E-state index in [1.54, 1.807) is 0 Å². The number of hydrogen-bond acceptors (Lipinski definition) is 1. The number of aryl methyl sites for hydroxylation is 2. The molecule has 1 aliphatic rings. The first-order valence-electron chi connectivity index (χ1n) is 7.70. The lowest BCUT2D eigenvalue weighted by Crippen LogP contribution is -1.89. The number of aliphatic imine (C=N–C) groups is 1. The maximum atomic E-state index is 4.37. The van der Waals surface area contributed by atoms with Gasteiger partial charge in [-0.3, -0.25) is 4.99 Å². The van der Waals surface area contributed by atoms with Gasteiger partial charge in [-0.25, -0.2) is 0 Å². The average Bonchev–Trinajstić information content (AvgIpc) is 3.02. The molecule has 4 rings (SSSR count). The zero-order valence-corrected chi connectivity index (χ0v) is 13.7. The van der Waals surface area contributed by atoms with E-state index in [1.165, 1.54) is 33.4 Å². The third kappa shape index (κ3) is 3.21. The average molecular weight is 306 g/mol. The van der Waals surface area contributed by atoms with E-state index in [1.807, 2.05) is 6.07 Å². The molecule has 0 radical (unpaired) electrons. The van der Waals surface area contributed by atoms with Gasteiger partial charge in [0.15, 0.2) is 0 Å². The molecule has 0 spiro atoms. The van der Waals surface area contributed by atoms with E-state index < -0.39 is 0 Å². The molecule has 1 aromatic heterocycles. The molecule has 0 unspecified atom stereocenters. The molecule has 0 bridgehead atoms. The van der Waals surface area contributed by atoms with Crippen molar-refractivity contribution in [3.63, 3.8) is 0 Å². The molecule has 0 N–H and O–H groups in total. The number of hydrogen-bond donors (Lipinski definition) is 0. The fourth-order valence-corrected chi connectivity index (χ4v) is 3.00. The van der Waals surface area contributed by atoms with Crippen LogP contribution in [-0.4, -0.2) is 10.3 Å². The van der Waals surface area contributed by atoms with Gasteiger partial charge >= 0.3 is 0 Å². The van der Waals surface area contributed by atoms with Gasteiger partial charge in [-0.05, 0) is 44.0 Å². The summed E-state index contributed by atoms with van der Waals surface area (Å²) in [7, 11) is 2.12. The van der Waals surface area contributed by atoms with E-state index in [9.17, 15) is 0 Å². The lowest BCUT2D eigenvalue weighted by molar-refractivity contribution is 0.910. The normalized spacial score (nSPS) is 12.1. The molecule has 2 heterocycles. The van der Waals surface area contributed by atoms with E-state index >= 15 is 0 Å². The van der Waals surface area contributed by atoms with Crippen molar-refractivity contribution in [2.24, 2.45) is 12.0 Å². The van der Waals surface area contributed by atoms with Crippen molar-refractivity contribution in [2.75, 3.05) is 0 Å². The van der Waals surface area contributed by atoms with Crippen LogP contribution in [-0.2, 0) is 13.5 Å². The molecule has 1 aliphatic heterocycles. The Balaban J connectivity index is 0.000000162. The van der Waals surface area contributed by atoms with E-state index in [2.05, 4.69) is 79.8 Å². The first kappa shape index (κ1) is 17.0. The van der Waals surface area contributed by atoms with Gasteiger partial charge in [0.05, 0.1) is 5.69 Å². The van der Waals surface area contributed by atoms with E-state index in [0.717, 1.165) is 12.1 Å². The maximum absolute atomic E-state index is 4.37. The molecule has 120 valence electrons. The number of fused-ring (bicyclic) bond motifs is 2. The van der Waals surface area contributed by atoms with Gasteiger partial charge in [0.25, 0.3) is 0 Å². The van der Waals surface area contributed by atoms with Crippen LogP contribution in [0.25, 0.3) is 10.9 Å². The number of aromatic nitrogens is 1. The van der Waals surface area contributed by atoms with Crippen molar-refractivity contribution in [2.45, 2.75) is 34.6 Å². The second-order valence-corrected chi connectivity index (χ2v) is 5.94. The second kappa shape index (κ2) is 6.82. The summed E-state index contributed by atoms with van der Waals surface area (Å²) >= 11 is 0. The van der Waals surface area contributed by atoms with Gasteiger partial charge in [-0.1, -0.05) is 43.8 Å². The van der Waals surface area contributed by atoms with Crippen LogP contribution < -0.4 is 0 Å². The SMILES string of the molecule is C.CC1=Nc2ccccc2C1.Cc1c(C)n(C)c2ccccc12. The fraction of sp³-hybridized carbons (Fsp3) is 0.286. The highest BCUT2D eigenvalue weighted by atomic mass is 14.9. The van der Waals surface area contributed by atoms with Gasteiger partial charge in [0.2, 0.25) is 0 Å². The molecule has 0 amide bonds. The van der Waals surface area contributed by atoms with Gasteiger partial charge in [0, 0.05) is 35.8 Å². The molecular formula is C21H26N2. The summed E-state index contributed by atoms with van der Waals surface area (Å²) < 4.78 is 2.24. The van der Waals surface area contributed by atoms with Gasteiger partial charge < -0.3 is 4.57 Å². The molecule has 0 saturated heterocycles. The first-order valence-corrected chi connectivity index (χ1v) is 7.70. The molecule has 23 heavy (non-hydrogen) atoms. The van der Waals surface area contributed by atoms with Crippen molar-refractivity contribution in [1.82, 2.24) is 4.57 Å². The van der Waals surface area contributed by atoms with Crippen molar-refractivity contribution >= 4 is 22.3 Å². The van der Waals surface area contributed by atoms with Crippen LogP contribution in [0.4, 0.5) is 5.69 Å². The van der Waals surface area contributed by atoms with Crippen molar-refractivity contribution in [3.8, 4) is 0 Å². The minimum absolute atomic E-state index is 0. The molecule has 0 aliphatic carbocycles. The fourth-order valence-electron chi connectivity index (χ4n) is 3.00. The number of nitrogens with zero attached hydrogens (tertiary/aromatic N) is 2. The predicted octanol–water partition coefficient (Wildman–Crippen LogP) is 5.77. The monoisotopic (exact) mass is 306 g/mol. The van der Waals surface area contributed by atoms with Crippen molar-refractivity contribution < 1.29 is 0 Å². The summed E-state index contributed by atoms with van der Waals surface area (Å²) in [4.78, 5) is 4.37. The van der Waals surface area contributed by atoms with E-state index in [4.69, 9.17) is 0 Å². The molecular weight excluding hydrogens is 280 g/mol. The Kier molecular flexibility index (Phi) is 5.05. The Morgan fingerprint density at radius 3 is 2.26 bits per heavy atom. The summed E-state index contributed by atoms with van der Waals surface area (Å²) in [6, 6.07) is 16.8. The van der Waals surface area contributed by atoms with Crippen LogP contribution in [0, 0.1) is 13.8 Å². The standard InChI is InChI=1S/C11H13N.C9H9N.CH4/c1-8-9(2)12(3)11-7-5-4-6-10(8)11;1-7-6-8-4-2-3-5-9(8)10-7;/h4-7H,1-3H3;2-5H,6H2,1H3;1H4. The van der Waals surface area contributed by atoms with Crippen LogP contribution in [0.5, 0.6) is 0 Å². The van der Waals surface area contributed by atoms with Gasteiger partial charge in [0.1, 0.15) is 0 Å². The Morgan fingerprint density at radius 2 is 1.57 bits per heavy atom. The topological polar surface area (TPSA) is 17.3 Å². The van der Waals surface area contributed by atoms with Gasteiger partial charge in [-0.15, -0.1) is 0 Å². The highest BCUT2D eigenvalue weighted by molar-refractivity contribution is 5.91. The van der Waals surface area contributed by atoms with E-state index in [0.29, 0.717) is 0 Å². The molecule has 0 atom stereocenters. The minimum Gasteiger partial charge on any atom is -0.348 e. The zero-order chi connectivity index (χ0) is 15.7. The Bertz CT molecular complexity index is 814. The summed E-state index contributed by atoms with van der Waals surface area (Å²) in [5.41, 5.74) is 7.82. The second-order valence-electron chi connectivity index (χ2n) is 5.94. The van der Waals surface area contributed by atoms with Crippen LogP contribution in [0.15, 0.2) is 53.5 Å². The Labute approximate surface area is 139 Å². The Hall–Kier alpha value is -2.35. The lowest BCUT2D eigenvalue weighted by Gasteiger charge is -1.96. The number of rotatable bonds is 0. The molecule has 0 fully saturated rings. The van der Waals surface area contributed by atoms with Crippen molar-refractivity contribution in [3.05, 3.63) is 65.4 Å². The largest absolute Gasteiger partial charge is 0.348 e. The molecule has 2 aromatic carbocycles. The highest BCUT2D eigenvalue weighted by Gasteiger charge is 2.08. The maximum Gasteiger partial charge on any atom is 0.0664 e. The summed E-state index contributed by atoms with van der Waals surface area (Å²) in [6.45, 7) is 6.41. The number of benzene rings is 2. The highest BCUT2D eigenvalue weighted by Crippen LogP contribution is 2.25. The third-order valence-corrected chi connectivity index (χ3v) is 4.46. The minimum atomic E-state index is 0. The summed E-state index contributed by atoms with van der Waals surface area (Å²) in [6.07, 6.45) is 1.04. The van der Waals surface area contributed by atoms with Crippen LogP contribution >= 0.6 is 0 Å². The quantitative estimate of drug-likeness (QED) is 0.502. The van der Waals surface area contributed by atoms with Crippen LogP contribution in [0.3, 0.4) is 0 Å². The predicted molar refractivity (Wildman–Crippen MR) is 102 cm³/mol. The lowest BCUT2D eigenvalue weighted by atomic mass is 10.1. The third-order valence-electron chi connectivity index (χ3n) is 4.46. The molecule has 3 aromatic rings. The van der Waals surface area contributed by atoms with Crippen LogP contribution in [0.1, 0.15) is 31.2 Å². The summed E-state index contributed by atoms with van der Waals surface area (Å²) in [5, 5.41) is 1.37. The number of para-hydroxylation sites is 2. The first-order chi connectivity index (χ1) is 10.6. The Morgan fingerprint density at radius 1 is 0.913 bits per heavy atom. The van der Waals surface area contributed by atoms with E-state index in [-0.39, 0.29) is 7.43 Å². The molecule has 0 saturated carbocycles. The zero-order valence-electron chi connectivity index (χ0n) is 13.7. The smallest absolute Gasteiger partial charge is 0.0664 e. The van der Waals surface area contributed by atoms with Crippen LogP contribution in [0.2, 0.25) is 0 Å².